The Labute approximate surface area is 77.2 Å². The molecular weight excluding hydrogens is 174 g/mol. The molecule has 0 amide bonds. The summed E-state index contributed by atoms with van der Waals surface area (Å²) in [6.45, 7) is 3.24. The van der Waals surface area contributed by atoms with Crippen molar-refractivity contribution in [1.29, 1.82) is 0 Å². The molecule has 4 heteroatoms. The molecule has 3 nitrogen and oxygen atoms in total. The second kappa shape index (κ2) is 5.43. The number of thioether (sulfide) groups is 1. The first-order valence-electron chi connectivity index (χ1n) is 4.32. The van der Waals surface area contributed by atoms with Crippen LogP contribution in [0.15, 0.2) is 0 Å². The molecule has 1 N–H and O–H groups in total. The van der Waals surface area contributed by atoms with Gasteiger partial charge < -0.3 is 10.1 Å². The van der Waals surface area contributed by atoms with Crippen LogP contribution in [0.2, 0.25) is 0 Å². The zero-order valence-corrected chi connectivity index (χ0v) is 8.15. The van der Waals surface area contributed by atoms with E-state index in [0.29, 0.717) is 6.61 Å². The molecule has 0 aliphatic carbocycles. The van der Waals surface area contributed by atoms with Crippen LogP contribution >= 0.6 is 11.8 Å². The SMILES string of the molecule is CCOC(=O)C1CSCCCN1. The molecule has 0 saturated carbocycles. The zero-order chi connectivity index (χ0) is 8.81. The molecule has 1 aliphatic heterocycles. The predicted octanol–water partition coefficient (Wildman–Crippen LogP) is 0.645. The lowest BCUT2D eigenvalue weighted by atomic mass is 10.3. The monoisotopic (exact) mass is 189 g/mol. The van der Waals surface area contributed by atoms with Gasteiger partial charge in [0.2, 0.25) is 0 Å². The topological polar surface area (TPSA) is 38.3 Å². The highest BCUT2D eigenvalue weighted by molar-refractivity contribution is 7.99. The van der Waals surface area contributed by atoms with Crippen LogP contribution in [0.25, 0.3) is 0 Å². The van der Waals surface area contributed by atoms with Crippen LogP contribution in [0.5, 0.6) is 0 Å². The van der Waals surface area contributed by atoms with Gasteiger partial charge in [-0.25, -0.2) is 0 Å². The van der Waals surface area contributed by atoms with E-state index in [4.69, 9.17) is 4.74 Å². The molecule has 0 bridgehead atoms. The Morgan fingerprint density at radius 2 is 2.58 bits per heavy atom. The average Bonchev–Trinajstić information content (AvgIpc) is 2.32. The van der Waals surface area contributed by atoms with Crippen molar-refractivity contribution < 1.29 is 9.53 Å². The molecular formula is C8H15NO2S. The second-order valence-corrected chi connectivity index (χ2v) is 3.84. The van der Waals surface area contributed by atoms with Gasteiger partial charge in [-0.05, 0) is 25.6 Å². The minimum absolute atomic E-state index is 0.0857. The number of esters is 1. The van der Waals surface area contributed by atoms with Crippen molar-refractivity contribution in [3.63, 3.8) is 0 Å². The lowest BCUT2D eigenvalue weighted by molar-refractivity contribution is -0.144. The lowest BCUT2D eigenvalue weighted by Gasteiger charge is -2.12. The second-order valence-electron chi connectivity index (χ2n) is 2.69. The van der Waals surface area contributed by atoms with Crippen molar-refractivity contribution in [2.45, 2.75) is 19.4 Å². The van der Waals surface area contributed by atoms with Crippen molar-refractivity contribution >= 4 is 17.7 Å². The molecule has 12 heavy (non-hydrogen) atoms. The first-order chi connectivity index (χ1) is 5.84. The van der Waals surface area contributed by atoms with Gasteiger partial charge in [0.15, 0.2) is 0 Å². The molecule has 1 heterocycles. The summed E-state index contributed by atoms with van der Waals surface area (Å²) in [4.78, 5) is 11.3. The van der Waals surface area contributed by atoms with E-state index in [1.807, 2.05) is 18.7 Å². The Kier molecular flexibility index (Phi) is 4.46. The molecule has 1 fully saturated rings. The Morgan fingerprint density at radius 3 is 3.33 bits per heavy atom. The quantitative estimate of drug-likeness (QED) is 0.647. The maximum absolute atomic E-state index is 11.3. The average molecular weight is 189 g/mol. The number of hydrogen-bond acceptors (Lipinski definition) is 4. The van der Waals surface area contributed by atoms with E-state index >= 15 is 0 Å². The number of ether oxygens (including phenoxy) is 1. The number of hydrogen-bond donors (Lipinski definition) is 1. The van der Waals surface area contributed by atoms with E-state index in [-0.39, 0.29) is 12.0 Å². The minimum Gasteiger partial charge on any atom is -0.465 e. The van der Waals surface area contributed by atoms with Crippen molar-refractivity contribution in [3.05, 3.63) is 0 Å². The summed E-state index contributed by atoms with van der Waals surface area (Å²) in [6, 6.07) is -0.0857. The maximum Gasteiger partial charge on any atom is 0.323 e. The fraction of sp³-hybridized carbons (Fsp3) is 0.875. The Bertz CT molecular complexity index is 144. The van der Waals surface area contributed by atoms with Crippen LogP contribution in [0, 0.1) is 0 Å². The fourth-order valence-corrected chi connectivity index (χ4v) is 2.11. The van der Waals surface area contributed by atoms with Crippen LogP contribution in [-0.2, 0) is 9.53 Å². The normalized spacial score (nSPS) is 24.6. The van der Waals surface area contributed by atoms with Crippen LogP contribution in [0.3, 0.4) is 0 Å². The highest BCUT2D eigenvalue weighted by Gasteiger charge is 2.20. The predicted molar refractivity (Wildman–Crippen MR) is 50.4 cm³/mol. The first kappa shape index (κ1) is 9.86. The molecule has 1 aliphatic rings. The summed E-state index contributed by atoms with van der Waals surface area (Å²) in [5, 5.41) is 3.17. The van der Waals surface area contributed by atoms with Gasteiger partial charge in [0.25, 0.3) is 0 Å². The van der Waals surface area contributed by atoms with E-state index in [1.165, 1.54) is 0 Å². The van der Waals surface area contributed by atoms with E-state index < -0.39 is 0 Å². The number of nitrogens with one attached hydrogen (secondary N) is 1. The van der Waals surface area contributed by atoms with Gasteiger partial charge in [0.1, 0.15) is 6.04 Å². The third-order valence-corrected chi connectivity index (χ3v) is 2.86. The van der Waals surface area contributed by atoms with Gasteiger partial charge in [-0.15, -0.1) is 0 Å². The fourth-order valence-electron chi connectivity index (χ4n) is 1.10. The number of carbonyl (C=O) groups excluding carboxylic acids is 1. The van der Waals surface area contributed by atoms with Gasteiger partial charge in [-0.1, -0.05) is 0 Å². The highest BCUT2D eigenvalue weighted by Crippen LogP contribution is 2.09. The smallest absolute Gasteiger partial charge is 0.323 e. The van der Waals surface area contributed by atoms with Gasteiger partial charge in [0, 0.05) is 5.75 Å². The summed E-state index contributed by atoms with van der Waals surface area (Å²) in [5.74, 6) is 1.88. The van der Waals surface area contributed by atoms with Crippen LogP contribution in [0.4, 0.5) is 0 Å². The Balaban J connectivity index is 2.32. The molecule has 0 aromatic rings. The lowest BCUT2D eigenvalue weighted by Crippen LogP contribution is -2.39. The van der Waals surface area contributed by atoms with Crippen molar-refractivity contribution in [2.24, 2.45) is 0 Å². The highest BCUT2D eigenvalue weighted by atomic mass is 32.2. The van der Waals surface area contributed by atoms with Crippen LogP contribution in [0.1, 0.15) is 13.3 Å². The zero-order valence-electron chi connectivity index (χ0n) is 7.34. The van der Waals surface area contributed by atoms with Gasteiger partial charge >= 0.3 is 5.97 Å². The molecule has 0 spiro atoms. The van der Waals surface area contributed by atoms with Crippen molar-refractivity contribution in [2.75, 3.05) is 24.7 Å². The van der Waals surface area contributed by atoms with Crippen LogP contribution in [-0.4, -0.2) is 36.7 Å². The molecule has 1 rings (SSSR count). The Morgan fingerprint density at radius 1 is 1.75 bits per heavy atom. The van der Waals surface area contributed by atoms with E-state index in [9.17, 15) is 4.79 Å². The standard InChI is InChI=1S/C8H15NO2S/c1-2-11-8(10)7-6-12-5-3-4-9-7/h7,9H,2-6H2,1H3. The summed E-state index contributed by atoms with van der Waals surface area (Å²) >= 11 is 1.81. The molecule has 1 saturated heterocycles. The third-order valence-electron chi connectivity index (χ3n) is 1.71. The van der Waals surface area contributed by atoms with Gasteiger partial charge in [-0.3, -0.25) is 4.79 Å². The summed E-state index contributed by atoms with van der Waals surface area (Å²) in [6.07, 6.45) is 1.14. The number of carbonyl (C=O) groups is 1. The summed E-state index contributed by atoms with van der Waals surface area (Å²) in [5.41, 5.74) is 0. The van der Waals surface area contributed by atoms with Crippen molar-refractivity contribution in [3.8, 4) is 0 Å². The van der Waals surface area contributed by atoms with E-state index in [2.05, 4.69) is 5.32 Å². The van der Waals surface area contributed by atoms with Crippen LogP contribution < -0.4 is 5.32 Å². The molecule has 0 aromatic heterocycles. The largest absolute Gasteiger partial charge is 0.465 e. The van der Waals surface area contributed by atoms with Crippen molar-refractivity contribution in [1.82, 2.24) is 5.32 Å². The molecule has 70 valence electrons. The maximum atomic E-state index is 11.3. The first-order valence-corrected chi connectivity index (χ1v) is 5.48. The third kappa shape index (κ3) is 3.03. The van der Waals surface area contributed by atoms with Gasteiger partial charge in [-0.2, -0.15) is 11.8 Å². The molecule has 1 atom stereocenters. The molecule has 1 unspecified atom stereocenters. The van der Waals surface area contributed by atoms with E-state index in [1.54, 1.807) is 0 Å². The minimum atomic E-state index is -0.105. The van der Waals surface area contributed by atoms with E-state index in [0.717, 1.165) is 24.5 Å². The Hall–Kier alpha value is -0.220. The summed E-state index contributed by atoms with van der Waals surface area (Å²) in [7, 11) is 0. The molecule has 0 radical (unpaired) electrons. The van der Waals surface area contributed by atoms with Gasteiger partial charge in [0.05, 0.1) is 6.61 Å². The number of rotatable bonds is 2. The molecule has 0 aromatic carbocycles. The summed E-state index contributed by atoms with van der Waals surface area (Å²) < 4.78 is 4.92.